The van der Waals surface area contributed by atoms with Gasteiger partial charge in [-0.2, -0.15) is 0 Å². The Balaban J connectivity index is 0.000000956. The van der Waals surface area contributed by atoms with E-state index in [1.165, 1.54) is 0 Å². The molecule has 1 heterocycles. The minimum atomic E-state index is -0.0691. The van der Waals surface area contributed by atoms with Gasteiger partial charge in [0.15, 0.2) is 0 Å². The molecule has 0 N–H and O–H groups in total. The van der Waals surface area contributed by atoms with E-state index in [1.807, 2.05) is 38.1 Å². The molecule has 0 aromatic heterocycles. The number of morpholine rings is 1. The number of carbonyl (C=O) groups excluding carboxylic acids is 1. The first-order valence-corrected chi connectivity index (χ1v) is 7.60. The van der Waals surface area contributed by atoms with Gasteiger partial charge in [-0.1, -0.05) is 37.6 Å². The molecule has 1 aromatic rings. The summed E-state index contributed by atoms with van der Waals surface area (Å²) in [5.41, 5.74) is 1.04. The van der Waals surface area contributed by atoms with Crippen molar-refractivity contribution in [2.75, 3.05) is 32.8 Å². The molecule has 1 aliphatic heterocycles. The summed E-state index contributed by atoms with van der Waals surface area (Å²) < 4.78 is 5.32. The quantitative estimate of drug-likeness (QED) is 0.853. The topological polar surface area (TPSA) is 29.5 Å². The van der Waals surface area contributed by atoms with Crippen LogP contribution in [0.15, 0.2) is 24.3 Å². The van der Waals surface area contributed by atoms with Crippen molar-refractivity contribution in [3.05, 3.63) is 34.9 Å². The van der Waals surface area contributed by atoms with E-state index in [2.05, 4.69) is 4.90 Å². The highest BCUT2D eigenvalue weighted by atomic mass is 35.5. The minimum Gasteiger partial charge on any atom is -0.379 e. The summed E-state index contributed by atoms with van der Waals surface area (Å²) in [4.78, 5) is 14.1. The van der Waals surface area contributed by atoms with Crippen molar-refractivity contribution in [3.8, 4) is 0 Å². The molecule has 20 heavy (non-hydrogen) atoms. The lowest BCUT2D eigenvalue weighted by Gasteiger charge is -2.29. The third-order valence-electron chi connectivity index (χ3n) is 3.31. The van der Waals surface area contributed by atoms with Crippen molar-refractivity contribution in [1.29, 1.82) is 0 Å². The molecule has 1 saturated heterocycles. The fraction of sp³-hybridized carbons (Fsp3) is 0.562. The SMILES string of the molecule is CC.CC(=O)C(CN1CCOCC1)c1ccc(Cl)cc1. The third kappa shape index (κ3) is 5.23. The average molecular weight is 298 g/mol. The maximum Gasteiger partial charge on any atom is 0.138 e. The first-order chi connectivity index (χ1) is 9.66. The molecule has 0 bridgehead atoms. The summed E-state index contributed by atoms with van der Waals surface area (Å²) in [6.07, 6.45) is 0. The number of hydrogen-bond acceptors (Lipinski definition) is 3. The third-order valence-corrected chi connectivity index (χ3v) is 3.56. The molecule has 0 spiro atoms. The highest BCUT2D eigenvalue weighted by Gasteiger charge is 2.21. The van der Waals surface area contributed by atoms with Gasteiger partial charge in [-0.15, -0.1) is 0 Å². The van der Waals surface area contributed by atoms with Crippen LogP contribution in [0.1, 0.15) is 32.3 Å². The predicted molar refractivity (Wildman–Crippen MR) is 83.5 cm³/mol. The second-order valence-electron chi connectivity index (χ2n) is 4.63. The predicted octanol–water partition coefficient (Wildman–Crippen LogP) is 3.37. The summed E-state index contributed by atoms with van der Waals surface area (Å²) in [6.45, 7) is 9.73. The van der Waals surface area contributed by atoms with Crippen molar-refractivity contribution >= 4 is 17.4 Å². The number of halogens is 1. The van der Waals surface area contributed by atoms with Crippen LogP contribution in [0.4, 0.5) is 0 Å². The lowest BCUT2D eigenvalue weighted by atomic mass is 9.95. The zero-order valence-electron chi connectivity index (χ0n) is 12.6. The van der Waals surface area contributed by atoms with E-state index in [-0.39, 0.29) is 11.7 Å². The number of carbonyl (C=O) groups is 1. The van der Waals surface area contributed by atoms with E-state index >= 15 is 0 Å². The molecule has 2 rings (SSSR count). The van der Waals surface area contributed by atoms with Crippen LogP contribution in [0.3, 0.4) is 0 Å². The van der Waals surface area contributed by atoms with E-state index in [4.69, 9.17) is 16.3 Å². The number of ketones is 1. The summed E-state index contributed by atoms with van der Waals surface area (Å²) in [5, 5.41) is 0.701. The standard InChI is InChI=1S/C14H18ClNO2.C2H6/c1-11(17)14(10-16-6-8-18-9-7-16)12-2-4-13(15)5-3-12;1-2/h2-5,14H,6-10H2,1H3;1-2H3. The van der Waals surface area contributed by atoms with Gasteiger partial charge in [-0.25, -0.2) is 0 Å². The summed E-state index contributed by atoms with van der Waals surface area (Å²) in [6, 6.07) is 7.56. The molecule has 0 radical (unpaired) electrons. The van der Waals surface area contributed by atoms with Gasteiger partial charge < -0.3 is 4.74 Å². The van der Waals surface area contributed by atoms with Gasteiger partial charge in [0.25, 0.3) is 0 Å². The van der Waals surface area contributed by atoms with Crippen molar-refractivity contribution in [2.45, 2.75) is 26.7 Å². The molecule has 1 aromatic carbocycles. The van der Waals surface area contributed by atoms with Crippen LogP contribution >= 0.6 is 11.6 Å². The smallest absolute Gasteiger partial charge is 0.138 e. The van der Waals surface area contributed by atoms with Gasteiger partial charge in [-0.05, 0) is 24.6 Å². The van der Waals surface area contributed by atoms with Gasteiger partial charge in [-0.3, -0.25) is 9.69 Å². The van der Waals surface area contributed by atoms with E-state index in [0.29, 0.717) is 5.02 Å². The average Bonchev–Trinajstić information content (AvgIpc) is 2.49. The first-order valence-electron chi connectivity index (χ1n) is 7.23. The summed E-state index contributed by atoms with van der Waals surface area (Å²) in [5.74, 6) is 0.129. The lowest BCUT2D eigenvalue weighted by molar-refractivity contribution is -0.119. The number of nitrogens with zero attached hydrogens (tertiary/aromatic N) is 1. The number of benzene rings is 1. The van der Waals surface area contributed by atoms with Crippen LogP contribution in [0.25, 0.3) is 0 Å². The fourth-order valence-electron chi connectivity index (χ4n) is 2.21. The molecule has 0 aliphatic carbocycles. The van der Waals surface area contributed by atoms with Crippen molar-refractivity contribution in [1.82, 2.24) is 4.90 Å². The van der Waals surface area contributed by atoms with Crippen molar-refractivity contribution in [3.63, 3.8) is 0 Å². The van der Waals surface area contributed by atoms with E-state index in [0.717, 1.165) is 38.4 Å². The molecule has 4 heteroatoms. The highest BCUT2D eigenvalue weighted by molar-refractivity contribution is 6.30. The Morgan fingerprint density at radius 2 is 1.80 bits per heavy atom. The molecular weight excluding hydrogens is 274 g/mol. The van der Waals surface area contributed by atoms with Gasteiger partial charge in [0.2, 0.25) is 0 Å². The molecule has 3 nitrogen and oxygen atoms in total. The lowest BCUT2D eigenvalue weighted by Crippen LogP contribution is -2.40. The van der Waals surface area contributed by atoms with Crippen LogP contribution in [0.5, 0.6) is 0 Å². The zero-order chi connectivity index (χ0) is 15.0. The molecule has 0 saturated carbocycles. The normalized spacial score (nSPS) is 17.0. The number of ether oxygens (including phenoxy) is 1. The van der Waals surface area contributed by atoms with E-state index in [1.54, 1.807) is 6.92 Å². The van der Waals surface area contributed by atoms with Crippen molar-refractivity contribution in [2.24, 2.45) is 0 Å². The Labute approximate surface area is 126 Å². The van der Waals surface area contributed by atoms with Crippen LogP contribution in [0, 0.1) is 0 Å². The summed E-state index contributed by atoms with van der Waals surface area (Å²) >= 11 is 5.88. The molecule has 1 unspecified atom stereocenters. The van der Waals surface area contributed by atoms with Crippen LogP contribution in [-0.2, 0) is 9.53 Å². The second-order valence-corrected chi connectivity index (χ2v) is 5.06. The Morgan fingerprint density at radius 3 is 2.30 bits per heavy atom. The van der Waals surface area contributed by atoms with E-state index in [9.17, 15) is 4.79 Å². The zero-order valence-corrected chi connectivity index (χ0v) is 13.3. The molecule has 0 amide bonds. The molecule has 1 aliphatic rings. The monoisotopic (exact) mass is 297 g/mol. The molecule has 1 fully saturated rings. The largest absolute Gasteiger partial charge is 0.379 e. The Kier molecular flexibility index (Phi) is 7.82. The second kappa shape index (κ2) is 9.11. The Morgan fingerprint density at radius 1 is 1.25 bits per heavy atom. The summed E-state index contributed by atoms with van der Waals surface area (Å²) in [7, 11) is 0. The molecule has 1 atom stereocenters. The molecule has 112 valence electrons. The molecular formula is C16H24ClNO2. The number of hydrogen-bond donors (Lipinski definition) is 0. The van der Waals surface area contributed by atoms with Crippen LogP contribution in [-0.4, -0.2) is 43.5 Å². The first kappa shape index (κ1) is 17.2. The van der Waals surface area contributed by atoms with Gasteiger partial charge >= 0.3 is 0 Å². The van der Waals surface area contributed by atoms with E-state index < -0.39 is 0 Å². The fourth-order valence-corrected chi connectivity index (χ4v) is 2.33. The van der Waals surface area contributed by atoms with Gasteiger partial charge in [0.1, 0.15) is 5.78 Å². The van der Waals surface area contributed by atoms with Gasteiger partial charge in [0.05, 0.1) is 19.1 Å². The number of rotatable bonds is 4. The Bertz CT molecular complexity index is 399. The van der Waals surface area contributed by atoms with Crippen LogP contribution < -0.4 is 0 Å². The minimum absolute atomic E-state index is 0.0691. The number of Topliss-reactive ketones (excluding diaryl/α,β-unsaturated/α-hetero) is 1. The van der Waals surface area contributed by atoms with Crippen molar-refractivity contribution < 1.29 is 9.53 Å². The Hall–Kier alpha value is -0.900. The maximum absolute atomic E-state index is 11.8. The maximum atomic E-state index is 11.8. The van der Waals surface area contributed by atoms with Crippen LogP contribution in [0.2, 0.25) is 5.02 Å². The highest BCUT2D eigenvalue weighted by Crippen LogP contribution is 2.21. The van der Waals surface area contributed by atoms with Gasteiger partial charge in [0, 0.05) is 24.7 Å².